The Kier molecular flexibility index (Phi) is 5.86. The fraction of sp³-hybridized carbons (Fsp3) is 0.286. The number of rotatable bonds is 6. The van der Waals surface area contributed by atoms with Crippen LogP contribution in [0.15, 0.2) is 59.7 Å². The second-order valence-corrected chi connectivity index (χ2v) is 6.43. The summed E-state index contributed by atoms with van der Waals surface area (Å²) in [6, 6.07) is 17.1. The van der Waals surface area contributed by atoms with E-state index >= 15 is 0 Å². The molecule has 2 aromatic carbocycles. The molecular formula is C21H23N3O3. The van der Waals surface area contributed by atoms with Gasteiger partial charge >= 0.3 is 0 Å². The zero-order valence-electron chi connectivity index (χ0n) is 15.5. The molecule has 140 valence electrons. The van der Waals surface area contributed by atoms with Crippen molar-refractivity contribution in [2.75, 3.05) is 13.7 Å². The highest BCUT2D eigenvalue weighted by Crippen LogP contribution is 2.18. The number of nitrogens with one attached hydrogen (secondary N) is 1. The van der Waals surface area contributed by atoms with E-state index in [1.54, 1.807) is 7.11 Å². The van der Waals surface area contributed by atoms with E-state index in [2.05, 4.69) is 10.4 Å². The quantitative estimate of drug-likeness (QED) is 0.856. The first kappa shape index (κ1) is 18.6. The zero-order valence-corrected chi connectivity index (χ0v) is 15.5. The van der Waals surface area contributed by atoms with Crippen LogP contribution in [-0.2, 0) is 9.59 Å². The minimum atomic E-state index is -0.237. The molecule has 0 bridgehead atoms. The molecule has 0 saturated carbocycles. The molecule has 6 heteroatoms. The topological polar surface area (TPSA) is 71.0 Å². The van der Waals surface area contributed by atoms with Gasteiger partial charge in [-0.1, -0.05) is 30.3 Å². The third-order valence-electron chi connectivity index (χ3n) is 4.50. The first-order valence-electron chi connectivity index (χ1n) is 8.93. The lowest BCUT2D eigenvalue weighted by atomic mass is 10.0. The predicted molar refractivity (Wildman–Crippen MR) is 103 cm³/mol. The average molecular weight is 365 g/mol. The van der Waals surface area contributed by atoms with E-state index < -0.39 is 0 Å². The van der Waals surface area contributed by atoms with Crippen LogP contribution < -0.4 is 10.1 Å². The van der Waals surface area contributed by atoms with Crippen molar-refractivity contribution >= 4 is 17.5 Å². The van der Waals surface area contributed by atoms with E-state index in [4.69, 9.17) is 4.74 Å². The van der Waals surface area contributed by atoms with Crippen LogP contribution in [-0.4, -0.2) is 36.2 Å². The molecule has 0 unspecified atom stereocenters. The number of hydrazone groups is 1. The van der Waals surface area contributed by atoms with Crippen LogP contribution in [0.5, 0.6) is 5.75 Å². The van der Waals surface area contributed by atoms with Gasteiger partial charge in [-0.15, -0.1) is 0 Å². The molecule has 0 aliphatic carbocycles. The lowest BCUT2D eigenvalue weighted by molar-refractivity contribution is -0.136. The molecule has 1 N–H and O–H groups in total. The van der Waals surface area contributed by atoms with Gasteiger partial charge in [-0.05, 0) is 42.3 Å². The van der Waals surface area contributed by atoms with Crippen LogP contribution in [0.25, 0.3) is 0 Å². The maximum Gasteiger partial charge on any atom is 0.243 e. The fourth-order valence-corrected chi connectivity index (χ4v) is 2.96. The van der Waals surface area contributed by atoms with Gasteiger partial charge in [0, 0.05) is 12.8 Å². The van der Waals surface area contributed by atoms with Gasteiger partial charge in [0.15, 0.2) is 0 Å². The standard InChI is InChI=1S/C21H23N3O3/c1-15(16-6-4-3-5-7-16)22-20(25)14-24-21(26)13-12-19(23-24)17-8-10-18(27-2)11-9-17/h3-11,15H,12-14H2,1-2H3,(H,22,25)/t15-/m1/s1. The molecule has 0 fully saturated rings. The van der Waals surface area contributed by atoms with Crippen LogP contribution in [0.4, 0.5) is 0 Å². The third kappa shape index (κ3) is 4.73. The van der Waals surface area contributed by atoms with Crippen molar-refractivity contribution in [3.05, 3.63) is 65.7 Å². The van der Waals surface area contributed by atoms with Crippen molar-refractivity contribution in [1.82, 2.24) is 10.3 Å². The van der Waals surface area contributed by atoms with Gasteiger partial charge in [0.2, 0.25) is 11.8 Å². The summed E-state index contributed by atoms with van der Waals surface area (Å²) in [6.07, 6.45) is 0.899. The Morgan fingerprint density at radius 3 is 2.52 bits per heavy atom. The van der Waals surface area contributed by atoms with Crippen molar-refractivity contribution in [3.8, 4) is 5.75 Å². The number of methoxy groups -OCH3 is 1. The molecule has 0 spiro atoms. The van der Waals surface area contributed by atoms with E-state index in [0.717, 1.165) is 22.6 Å². The molecule has 0 aromatic heterocycles. The zero-order chi connectivity index (χ0) is 19.2. The number of ether oxygens (including phenoxy) is 1. The van der Waals surface area contributed by atoms with Gasteiger partial charge in [-0.25, -0.2) is 5.01 Å². The maximum atomic E-state index is 12.4. The van der Waals surface area contributed by atoms with E-state index in [1.165, 1.54) is 5.01 Å². The number of benzene rings is 2. The molecule has 1 heterocycles. The molecule has 1 atom stereocenters. The summed E-state index contributed by atoms with van der Waals surface area (Å²) in [7, 11) is 1.61. The largest absolute Gasteiger partial charge is 0.497 e. The van der Waals surface area contributed by atoms with E-state index in [9.17, 15) is 9.59 Å². The van der Waals surface area contributed by atoms with Gasteiger partial charge in [0.05, 0.1) is 18.9 Å². The first-order valence-corrected chi connectivity index (χ1v) is 8.93. The van der Waals surface area contributed by atoms with Crippen molar-refractivity contribution in [2.45, 2.75) is 25.8 Å². The first-order chi connectivity index (χ1) is 13.1. The van der Waals surface area contributed by atoms with Crippen LogP contribution in [0.1, 0.15) is 36.9 Å². The monoisotopic (exact) mass is 365 g/mol. The highest BCUT2D eigenvalue weighted by Gasteiger charge is 2.24. The molecule has 27 heavy (non-hydrogen) atoms. The SMILES string of the molecule is COc1ccc(C2=NN(CC(=O)N[C@H](C)c3ccccc3)C(=O)CC2)cc1. The number of carbonyl (C=O) groups is 2. The third-order valence-corrected chi connectivity index (χ3v) is 4.50. The second kappa shape index (κ2) is 8.49. The Morgan fingerprint density at radius 1 is 1.15 bits per heavy atom. The predicted octanol–water partition coefficient (Wildman–Crippen LogP) is 2.90. The van der Waals surface area contributed by atoms with Gasteiger partial charge in [0.25, 0.3) is 0 Å². The number of hydrogen-bond donors (Lipinski definition) is 1. The van der Waals surface area contributed by atoms with E-state index in [-0.39, 0.29) is 24.4 Å². The van der Waals surface area contributed by atoms with Crippen molar-refractivity contribution in [3.63, 3.8) is 0 Å². The second-order valence-electron chi connectivity index (χ2n) is 6.43. The molecule has 0 saturated heterocycles. The summed E-state index contributed by atoms with van der Waals surface area (Å²) < 4.78 is 5.16. The lowest BCUT2D eigenvalue weighted by Gasteiger charge is -2.24. The molecule has 2 aromatic rings. The molecule has 3 rings (SSSR count). The smallest absolute Gasteiger partial charge is 0.243 e. The Hall–Kier alpha value is -3.15. The Balaban J connectivity index is 1.67. The normalized spacial score (nSPS) is 15.1. The van der Waals surface area contributed by atoms with Crippen molar-refractivity contribution < 1.29 is 14.3 Å². The van der Waals surface area contributed by atoms with Gasteiger partial charge in [-0.2, -0.15) is 5.10 Å². The Morgan fingerprint density at radius 2 is 1.85 bits per heavy atom. The van der Waals surface area contributed by atoms with Crippen molar-refractivity contribution in [2.24, 2.45) is 5.10 Å². The van der Waals surface area contributed by atoms with E-state index in [0.29, 0.717) is 12.8 Å². The highest BCUT2D eigenvalue weighted by molar-refractivity contribution is 6.04. The summed E-state index contributed by atoms with van der Waals surface area (Å²) in [6.45, 7) is 1.83. The van der Waals surface area contributed by atoms with Crippen molar-refractivity contribution in [1.29, 1.82) is 0 Å². The minimum absolute atomic E-state index is 0.0876. The van der Waals surface area contributed by atoms with Crippen LogP contribution >= 0.6 is 0 Å². The summed E-state index contributed by atoms with van der Waals surface area (Å²) in [5.41, 5.74) is 2.73. The minimum Gasteiger partial charge on any atom is -0.497 e. The molecule has 0 radical (unpaired) electrons. The fourth-order valence-electron chi connectivity index (χ4n) is 2.96. The summed E-state index contributed by atoms with van der Waals surface area (Å²) in [4.78, 5) is 24.6. The van der Waals surface area contributed by atoms with Gasteiger partial charge in [0.1, 0.15) is 12.3 Å². The Bertz CT molecular complexity index is 832. The summed E-state index contributed by atoms with van der Waals surface area (Å²) >= 11 is 0. The molecule has 1 aliphatic rings. The molecule has 2 amide bonds. The molecule has 1 aliphatic heterocycles. The van der Waals surface area contributed by atoms with Crippen LogP contribution in [0.3, 0.4) is 0 Å². The van der Waals surface area contributed by atoms with E-state index in [1.807, 2.05) is 61.5 Å². The van der Waals surface area contributed by atoms with Crippen LogP contribution in [0, 0.1) is 0 Å². The number of nitrogens with zero attached hydrogens (tertiary/aromatic N) is 2. The van der Waals surface area contributed by atoms with Gasteiger partial charge < -0.3 is 10.1 Å². The number of amides is 2. The number of carbonyl (C=O) groups excluding carboxylic acids is 2. The number of hydrogen-bond acceptors (Lipinski definition) is 4. The average Bonchev–Trinajstić information content (AvgIpc) is 2.70. The molecular weight excluding hydrogens is 342 g/mol. The van der Waals surface area contributed by atoms with Gasteiger partial charge in [-0.3, -0.25) is 9.59 Å². The lowest BCUT2D eigenvalue weighted by Crippen LogP contribution is -2.41. The highest BCUT2D eigenvalue weighted by atomic mass is 16.5. The van der Waals surface area contributed by atoms with Crippen LogP contribution in [0.2, 0.25) is 0 Å². The maximum absolute atomic E-state index is 12.4. The summed E-state index contributed by atoms with van der Waals surface area (Å²) in [5, 5.41) is 8.58. The summed E-state index contributed by atoms with van der Waals surface area (Å²) in [5.74, 6) is 0.381. The molecule has 6 nitrogen and oxygen atoms in total. The Labute approximate surface area is 158 Å².